The van der Waals surface area contributed by atoms with Gasteiger partial charge in [0.15, 0.2) is 31.3 Å². The number of benzene rings is 2. The number of anilines is 2. The second-order valence-corrected chi connectivity index (χ2v) is 32.5. The van der Waals surface area contributed by atoms with Gasteiger partial charge in [0.1, 0.15) is 65.5 Å². The van der Waals surface area contributed by atoms with Crippen LogP contribution in [0.15, 0.2) is 120 Å². The van der Waals surface area contributed by atoms with E-state index in [1.165, 1.54) is 49.5 Å². The quantitative estimate of drug-likeness (QED) is 0.0862. The lowest BCUT2D eigenvalue weighted by Gasteiger charge is -2.27. The van der Waals surface area contributed by atoms with Crippen LogP contribution in [0.2, 0.25) is 35.7 Å². The van der Waals surface area contributed by atoms with Crippen LogP contribution in [0.3, 0.4) is 0 Å². The van der Waals surface area contributed by atoms with Gasteiger partial charge in [0.25, 0.3) is 11.1 Å². The van der Waals surface area contributed by atoms with Gasteiger partial charge in [-0.15, -0.1) is 0 Å². The Labute approximate surface area is 532 Å². The molecule has 1 N–H and O–H groups in total. The maximum absolute atomic E-state index is 14.0. The summed E-state index contributed by atoms with van der Waals surface area (Å²) in [6.07, 6.45) is 11.9. The summed E-state index contributed by atoms with van der Waals surface area (Å²) in [6.45, 7) is 7.80. The highest BCUT2D eigenvalue weighted by Crippen LogP contribution is 2.43. The zero-order chi connectivity index (χ0) is 58.0. The maximum Gasteiger partial charge on any atom is 0.284 e. The predicted molar refractivity (Wildman–Crippen MR) is 355 cm³/mol. The summed E-state index contributed by atoms with van der Waals surface area (Å²) in [4.78, 5) is 52.2. The number of fused-ring (bicyclic) bond motifs is 4. The maximum atomic E-state index is 14.0. The van der Waals surface area contributed by atoms with Crippen LogP contribution in [-0.4, -0.2) is 125 Å². The Morgan fingerprint density at radius 2 is 1.13 bits per heavy atom. The fourth-order valence-electron chi connectivity index (χ4n) is 10.7. The molecule has 0 spiro atoms. The molecule has 10 aromatic rings. The van der Waals surface area contributed by atoms with Gasteiger partial charge in [0.2, 0.25) is 0 Å². The highest BCUT2D eigenvalue weighted by Gasteiger charge is 2.45. The summed E-state index contributed by atoms with van der Waals surface area (Å²) < 4.78 is 65.0. The summed E-state index contributed by atoms with van der Waals surface area (Å²) in [6, 6.07) is 25.2. The fourth-order valence-corrected chi connectivity index (χ4v) is 13.8. The van der Waals surface area contributed by atoms with Crippen molar-refractivity contribution in [2.45, 2.75) is 67.8 Å². The number of para-hydroxylation sites is 2. The van der Waals surface area contributed by atoms with Crippen LogP contribution in [0, 0.1) is 22.7 Å². The van der Waals surface area contributed by atoms with Gasteiger partial charge in [0.05, 0.1) is 65.9 Å². The van der Waals surface area contributed by atoms with E-state index in [2.05, 4.69) is 56.7 Å². The summed E-state index contributed by atoms with van der Waals surface area (Å²) >= 11 is 12.7. The number of aromatic amines is 1. The van der Waals surface area contributed by atoms with Crippen LogP contribution in [0.25, 0.3) is 44.5 Å². The van der Waals surface area contributed by atoms with Crippen LogP contribution >= 0.6 is 77.2 Å². The van der Waals surface area contributed by atoms with E-state index in [0.717, 1.165) is 6.04 Å². The van der Waals surface area contributed by atoms with Crippen molar-refractivity contribution in [2.75, 3.05) is 42.0 Å². The van der Waals surface area contributed by atoms with Crippen LogP contribution in [0.5, 0.6) is 0 Å². The number of hydrogen-bond donors (Lipinski definition) is 1. The van der Waals surface area contributed by atoms with Crippen molar-refractivity contribution < 1.29 is 21.6 Å². The average molecular weight is 1340 g/mol. The van der Waals surface area contributed by atoms with Crippen molar-refractivity contribution in [1.29, 1.82) is 10.5 Å². The fraction of sp³-hybridized carbons (Fsp3) is 0.296. The molecule has 86 heavy (non-hydrogen) atoms. The molecule has 0 saturated carbocycles. The Balaban J connectivity index is 0.000000239. The summed E-state index contributed by atoms with van der Waals surface area (Å²) in [5, 5.41) is 29.4. The molecule has 0 radical (unpaired) electrons. The minimum atomic E-state index is -3.52. The van der Waals surface area contributed by atoms with E-state index in [1.54, 1.807) is 76.6 Å². The lowest BCUT2D eigenvalue weighted by Crippen LogP contribution is -2.33. The van der Waals surface area contributed by atoms with Gasteiger partial charge in [-0.3, -0.25) is 18.7 Å². The van der Waals surface area contributed by atoms with E-state index in [1.807, 2.05) is 29.2 Å². The summed E-state index contributed by atoms with van der Waals surface area (Å²) in [5.74, 6) is 1.41. The number of rotatable bonds is 13. The standard InChI is InChI=1S/C30H33ClN8O4SSi.C24H19ClN8O3S.4H2S/c1-44(41,42)22-14-24(27-35-38-11-10-23(31)26(38)30(40)39(27)21-8-6-5-7-9-21)37(17-22)29-25-20(15-32)16-36(28(25)33-18-34-29)19-43-12-13-45(2,3)4;1-37(35,36)16-9-18(31(12-16)23-19-14(10-26)11-27-21(19)28-13-29-23)22-30-32-8-7-17(25)20(32)24(34)33(22)15-5-3-2-4-6-15;;;;/h5-11,16,18,22,24H,12-14,17,19H2,1-4H3;2-8,11,13,16,18H,9,12H2,1H3,(H,27,28,29);4*1H2/t22-,24?;16-,18?;;;;/m00..../s1. The number of nitriles is 2. The van der Waals surface area contributed by atoms with Crippen molar-refractivity contribution in [3.63, 3.8) is 0 Å². The zero-order valence-corrected chi connectivity index (χ0v) is 54.9. The topological polar surface area (TPSA) is 282 Å². The molecular weight excluding hydrogens is 1280 g/mol. The first kappa shape index (κ1) is 66.7. The first-order valence-corrected chi connectivity index (χ1v) is 34.2. The number of halogens is 2. The number of ether oxygens (including phenoxy) is 1. The molecule has 452 valence electrons. The molecule has 0 bridgehead atoms. The van der Waals surface area contributed by atoms with Gasteiger partial charge in [-0.1, -0.05) is 79.2 Å². The molecule has 23 nitrogen and oxygen atoms in total. The lowest BCUT2D eigenvalue weighted by atomic mass is 10.1. The van der Waals surface area contributed by atoms with Gasteiger partial charge >= 0.3 is 0 Å². The van der Waals surface area contributed by atoms with Crippen molar-refractivity contribution in [2.24, 2.45) is 0 Å². The Kier molecular flexibility index (Phi) is 20.3. The van der Waals surface area contributed by atoms with E-state index in [-0.39, 0.29) is 113 Å². The Morgan fingerprint density at radius 3 is 1.58 bits per heavy atom. The molecule has 2 aliphatic heterocycles. The second kappa shape index (κ2) is 26.2. The highest BCUT2D eigenvalue weighted by molar-refractivity contribution is 7.91. The average Bonchev–Trinajstić information content (AvgIpc) is 1.56. The molecule has 4 atom stereocenters. The third-order valence-electron chi connectivity index (χ3n) is 14.8. The van der Waals surface area contributed by atoms with Crippen LogP contribution < -0.4 is 20.9 Å². The SMILES string of the molecule is CS(=O)(=O)[C@H]1CC(c2nn3ccc(Cl)c3c(=O)n2-c2ccccc2)N(c2ncnc3[nH]cc(C#N)c23)C1.C[Si](C)(C)CCOCn1cc(C#N)c2c(N3C[C@@H](S(C)(=O)=O)CC3c3nn4ccc(Cl)c4c(=O)n3-c3ccccc3)ncnc21.S.S.S.S. The minimum Gasteiger partial charge on any atom is -0.361 e. The molecular formula is C54H60Cl2N16O7S6Si. The molecule has 32 heteroatoms. The van der Waals surface area contributed by atoms with Crippen LogP contribution in [0.1, 0.15) is 47.7 Å². The van der Waals surface area contributed by atoms with Gasteiger partial charge < -0.3 is 24.1 Å². The van der Waals surface area contributed by atoms with Gasteiger partial charge in [0, 0.05) is 65.1 Å². The van der Waals surface area contributed by atoms with E-state index < -0.39 is 55.9 Å². The largest absolute Gasteiger partial charge is 0.361 e. The van der Waals surface area contributed by atoms with E-state index in [9.17, 15) is 36.9 Å². The van der Waals surface area contributed by atoms with E-state index >= 15 is 0 Å². The third-order valence-corrected chi connectivity index (χ3v) is 20.2. The monoisotopic (exact) mass is 1330 g/mol. The number of nitrogens with one attached hydrogen (secondary N) is 1. The smallest absolute Gasteiger partial charge is 0.284 e. The van der Waals surface area contributed by atoms with Gasteiger partial charge in [-0.25, -0.2) is 45.8 Å². The van der Waals surface area contributed by atoms with E-state index in [4.69, 9.17) is 38.1 Å². The van der Waals surface area contributed by atoms with E-state index in [0.29, 0.717) is 74.5 Å². The van der Waals surface area contributed by atoms with Gasteiger partial charge in [-0.05, 0) is 55.3 Å². The molecule has 2 saturated heterocycles. The molecule has 2 aromatic carbocycles. The lowest BCUT2D eigenvalue weighted by molar-refractivity contribution is 0.0898. The number of hydrogen-bond acceptors (Lipinski definition) is 17. The highest BCUT2D eigenvalue weighted by atomic mass is 35.5. The zero-order valence-electron chi connectivity index (χ0n) is 46.8. The summed E-state index contributed by atoms with van der Waals surface area (Å²) in [5.41, 5.74) is 2.35. The predicted octanol–water partition coefficient (Wildman–Crippen LogP) is 7.53. The minimum absolute atomic E-state index is 0. The van der Waals surface area contributed by atoms with Crippen LogP contribution in [-0.2, 0) is 31.1 Å². The number of nitrogens with zero attached hydrogens (tertiary/aromatic N) is 15. The first-order valence-electron chi connectivity index (χ1n) is 25.8. The summed E-state index contributed by atoms with van der Waals surface area (Å²) in [7, 11) is -8.28. The molecule has 8 aromatic heterocycles. The van der Waals surface area contributed by atoms with Crippen molar-refractivity contribution >= 4 is 150 Å². The Morgan fingerprint density at radius 1 is 0.663 bits per heavy atom. The molecule has 2 aliphatic rings. The molecule has 0 amide bonds. The van der Waals surface area contributed by atoms with Crippen molar-refractivity contribution in [3.8, 4) is 23.5 Å². The Hall–Kier alpha value is -6.84. The number of sulfone groups is 2. The molecule has 2 fully saturated rings. The molecule has 2 unspecified atom stereocenters. The Bertz CT molecular complexity index is 4600. The molecule has 10 heterocycles. The van der Waals surface area contributed by atoms with Crippen molar-refractivity contribution in [1.82, 2.24) is 57.8 Å². The van der Waals surface area contributed by atoms with Crippen molar-refractivity contribution in [3.05, 3.63) is 164 Å². The van der Waals surface area contributed by atoms with Crippen LogP contribution in [0.4, 0.5) is 11.6 Å². The first-order chi connectivity index (χ1) is 39.1. The number of aromatic nitrogens is 12. The third kappa shape index (κ3) is 12.6. The normalized spacial score (nSPS) is 16.8. The number of H-pyrrole nitrogens is 1. The molecule has 12 rings (SSSR count). The second-order valence-electron chi connectivity index (χ2n) is 21.4. The van der Waals surface area contributed by atoms with Gasteiger partial charge in [-0.2, -0.15) is 74.7 Å². The molecule has 0 aliphatic carbocycles.